The van der Waals surface area contributed by atoms with Crippen LogP contribution in [0.4, 0.5) is 4.39 Å². The average molecular weight is 373 g/mol. The average Bonchev–Trinajstić information content (AvgIpc) is 2.80. The molecule has 0 saturated heterocycles. The number of rotatable bonds is 5. The van der Waals surface area contributed by atoms with E-state index in [4.69, 9.17) is 4.74 Å². The number of ether oxygens (including phenoxy) is 1. The summed E-state index contributed by atoms with van der Waals surface area (Å²) < 4.78 is 19.5. The van der Waals surface area contributed by atoms with Gasteiger partial charge in [-0.3, -0.25) is 0 Å². The van der Waals surface area contributed by atoms with E-state index in [-0.39, 0.29) is 11.4 Å². The molecule has 0 amide bonds. The van der Waals surface area contributed by atoms with Crippen LogP contribution in [0.1, 0.15) is 31.5 Å². The van der Waals surface area contributed by atoms with Gasteiger partial charge in [-0.25, -0.2) is 9.37 Å². The molecule has 3 nitrogen and oxygen atoms in total. The van der Waals surface area contributed by atoms with Crippen LogP contribution in [0.2, 0.25) is 0 Å². The first-order chi connectivity index (χ1) is 9.82. The standard InChI is InChI=1S/C15H18BrFN2OS/c1-15(2,3)18-7-14-19-12(9-21-14)8-20-13-5-10(16)4-11(17)6-13/h4-6,9,18H,7-8H2,1-3H3. The van der Waals surface area contributed by atoms with E-state index in [1.807, 2.05) is 5.38 Å². The molecule has 114 valence electrons. The molecule has 0 atom stereocenters. The first-order valence-electron chi connectivity index (χ1n) is 6.59. The lowest BCUT2D eigenvalue weighted by Crippen LogP contribution is -2.35. The molecular weight excluding hydrogens is 355 g/mol. The van der Waals surface area contributed by atoms with Crippen molar-refractivity contribution in [2.24, 2.45) is 0 Å². The number of aromatic nitrogens is 1. The fourth-order valence-electron chi connectivity index (χ4n) is 1.61. The Bertz CT molecular complexity index is 590. The fraction of sp³-hybridized carbons (Fsp3) is 0.400. The Morgan fingerprint density at radius 3 is 2.76 bits per heavy atom. The number of hydrogen-bond donors (Lipinski definition) is 1. The minimum Gasteiger partial charge on any atom is -0.487 e. The van der Waals surface area contributed by atoms with Gasteiger partial charge in [0.05, 0.1) is 5.69 Å². The van der Waals surface area contributed by atoms with Crippen LogP contribution in [0.5, 0.6) is 5.75 Å². The number of thiazole rings is 1. The lowest BCUT2D eigenvalue weighted by atomic mass is 10.1. The van der Waals surface area contributed by atoms with Crippen molar-refractivity contribution in [3.63, 3.8) is 0 Å². The van der Waals surface area contributed by atoms with Crippen molar-refractivity contribution in [3.05, 3.63) is 44.6 Å². The van der Waals surface area contributed by atoms with Crippen LogP contribution in [-0.4, -0.2) is 10.5 Å². The largest absolute Gasteiger partial charge is 0.487 e. The molecule has 0 unspecified atom stereocenters. The molecule has 2 aromatic rings. The summed E-state index contributed by atoms with van der Waals surface area (Å²) in [5.74, 6) is 0.164. The van der Waals surface area contributed by atoms with Crippen molar-refractivity contribution in [2.75, 3.05) is 0 Å². The molecule has 1 N–H and O–H groups in total. The van der Waals surface area contributed by atoms with Crippen molar-refractivity contribution in [1.29, 1.82) is 0 Å². The van der Waals surface area contributed by atoms with E-state index in [2.05, 4.69) is 47.0 Å². The molecule has 0 spiro atoms. The molecule has 0 bridgehead atoms. The summed E-state index contributed by atoms with van der Waals surface area (Å²) in [4.78, 5) is 4.50. The quantitative estimate of drug-likeness (QED) is 0.837. The molecule has 0 fully saturated rings. The van der Waals surface area contributed by atoms with Gasteiger partial charge in [0.15, 0.2) is 0 Å². The Labute approximate surface area is 136 Å². The number of benzene rings is 1. The Kier molecular flexibility index (Phi) is 5.35. The molecule has 21 heavy (non-hydrogen) atoms. The molecule has 1 aromatic heterocycles. The van der Waals surface area contributed by atoms with Crippen LogP contribution in [0.25, 0.3) is 0 Å². The van der Waals surface area contributed by atoms with Crippen LogP contribution in [0, 0.1) is 5.82 Å². The van der Waals surface area contributed by atoms with Gasteiger partial charge in [-0.1, -0.05) is 15.9 Å². The molecule has 0 aliphatic heterocycles. The van der Waals surface area contributed by atoms with Gasteiger partial charge in [-0.05, 0) is 32.9 Å². The zero-order valence-corrected chi connectivity index (χ0v) is 14.6. The summed E-state index contributed by atoms with van der Waals surface area (Å²) in [6, 6.07) is 4.49. The summed E-state index contributed by atoms with van der Waals surface area (Å²) in [6.45, 7) is 7.42. The highest BCUT2D eigenvalue weighted by Gasteiger charge is 2.10. The maximum absolute atomic E-state index is 13.2. The molecule has 0 saturated carbocycles. The van der Waals surface area contributed by atoms with Crippen molar-refractivity contribution in [1.82, 2.24) is 10.3 Å². The van der Waals surface area contributed by atoms with Crippen molar-refractivity contribution >= 4 is 27.3 Å². The smallest absolute Gasteiger partial charge is 0.131 e. The maximum Gasteiger partial charge on any atom is 0.131 e. The first kappa shape index (κ1) is 16.4. The van der Waals surface area contributed by atoms with Gasteiger partial charge in [0.25, 0.3) is 0 Å². The van der Waals surface area contributed by atoms with Crippen LogP contribution >= 0.6 is 27.3 Å². The highest BCUT2D eigenvalue weighted by Crippen LogP contribution is 2.22. The maximum atomic E-state index is 13.2. The van der Waals surface area contributed by atoms with E-state index in [0.29, 0.717) is 16.8 Å². The highest BCUT2D eigenvalue weighted by atomic mass is 79.9. The summed E-state index contributed by atoms with van der Waals surface area (Å²) in [5, 5.41) is 6.38. The summed E-state index contributed by atoms with van der Waals surface area (Å²) in [6.07, 6.45) is 0. The normalized spacial score (nSPS) is 11.7. The molecule has 2 rings (SSSR count). The van der Waals surface area contributed by atoms with Gasteiger partial charge in [0.2, 0.25) is 0 Å². The number of nitrogens with one attached hydrogen (secondary N) is 1. The lowest BCUT2D eigenvalue weighted by molar-refractivity contribution is 0.300. The van der Waals surface area contributed by atoms with Gasteiger partial charge in [0.1, 0.15) is 23.2 Å². The second-order valence-corrected chi connectivity index (χ2v) is 7.59. The Morgan fingerprint density at radius 2 is 2.10 bits per heavy atom. The second-order valence-electron chi connectivity index (χ2n) is 5.73. The Hall–Kier alpha value is -0.980. The monoisotopic (exact) mass is 372 g/mol. The van der Waals surface area contributed by atoms with E-state index >= 15 is 0 Å². The third kappa shape index (κ3) is 5.73. The van der Waals surface area contributed by atoms with E-state index in [1.54, 1.807) is 17.4 Å². The molecule has 1 aromatic carbocycles. The SMILES string of the molecule is CC(C)(C)NCc1nc(COc2cc(F)cc(Br)c2)cs1. The zero-order chi connectivity index (χ0) is 15.5. The molecule has 0 aliphatic rings. The Morgan fingerprint density at radius 1 is 1.33 bits per heavy atom. The van der Waals surface area contributed by atoms with Crippen LogP contribution in [-0.2, 0) is 13.2 Å². The first-order valence-corrected chi connectivity index (χ1v) is 8.26. The van der Waals surface area contributed by atoms with E-state index in [0.717, 1.165) is 17.2 Å². The predicted octanol–water partition coefficient (Wildman–Crippen LogP) is 4.51. The predicted molar refractivity (Wildman–Crippen MR) is 87.1 cm³/mol. The second kappa shape index (κ2) is 6.85. The van der Waals surface area contributed by atoms with Crippen LogP contribution in [0.3, 0.4) is 0 Å². The fourth-order valence-corrected chi connectivity index (χ4v) is 2.77. The van der Waals surface area contributed by atoms with Crippen molar-refractivity contribution in [2.45, 2.75) is 39.5 Å². The molecule has 0 radical (unpaired) electrons. The molecule has 0 aliphatic carbocycles. The zero-order valence-electron chi connectivity index (χ0n) is 12.2. The molecule has 6 heteroatoms. The van der Waals surface area contributed by atoms with Crippen molar-refractivity contribution < 1.29 is 9.13 Å². The van der Waals surface area contributed by atoms with Gasteiger partial charge in [-0.15, -0.1) is 11.3 Å². The number of hydrogen-bond acceptors (Lipinski definition) is 4. The summed E-state index contributed by atoms with van der Waals surface area (Å²) in [5.41, 5.74) is 0.919. The van der Waals surface area contributed by atoms with Crippen LogP contribution < -0.4 is 10.1 Å². The minimum absolute atomic E-state index is 0.0657. The summed E-state index contributed by atoms with van der Waals surface area (Å²) in [7, 11) is 0. The number of nitrogens with zero attached hydrogens (tertiary/aromatic N) is 1. The third-order valence-corrected chi connectivity index (χ3v) is 3.95. The third-order valence-electron chi connectivity index (χ3n) is 2.59. The number of halogens is 2. The van der Waals surface area contributed by atoms with Gasteiger partial charge in [-0.2, -0.15) is 0 Å². The van der Waals surface area contributed by atoms with Gasteiger partial charge in [0, 0.05) is 28.0 Å². The van der Waals surface area contributed by atoms with E-state index in [1.165, 1.54) is 12.1 Å². The van der Waals surface area contributed by atoms with Gasteiger partial charge < -0.3 is 10.1 Å². The molecule has 1 heterocycles. The summed E-state index contributed by atoms with van der Waals surface area (Å²) >= 11 is 4.84. The van der Waals surface area contributed by atoms with Crippen molar-refractivity contribution in [3.8, 4) is 5.75 Å². The molecular formula is C15H18BrFN2OS. The lowest BCUT2D eigenvalue weighted by Gasteiger charge is -2.19. The Balaban J connectivity index is 1.90. The topological polar surface area (TPSA) is 34.2 Å². The van der Waals surface area contributed by atoms with Crippen LogP contribution in [0.15, 0.2) is 28.1 Å². The van der Waals surface area contributed by atoms with Gasteiger partial charge >= 0.3 is 0 Å². The minimum atomic E-state index is -0.326. The van der Waals surface area contributed by atoms with E-state index in [9.17, 15) is 4.39 Å². The van der Waals surface area contributed by atoms with E-state index < -0.39 is 0 Å². The highest BCUT2D eigenvalue weighted by molar-refractivity contribution is 9.10.